The Morgan fingerprint density at radius 1 is 1.20 bits per heavy atom. The molecule has 0 fully saturated rings. The normalized spacial score (nSPS) is 10.5. The molecule has 0 aliphatic heterocycles. The summed E-state index contributed by atoms with van der Waals surface area (Å²) >= 11 is 3.36. The van der Waals surface area contributed by atoms with Crippen LogP contribution in [0.15, 0.2) is 22.9 Å². The largest absolute Gasteiger partial charge is 0.379 e. The molecule has 15 heavy (non-hydrogen) atoms. The molecule has 4 heteroatoms. The Bertz CT molecular complexity index is 281. The van der Waals surface area contributed by atoms with E-state index in [9.17, 15) is 0 Å². The SMILES string of the molecule is CCCOCCOCc1cncc(Br)c1. The van der Waals surface area contributed by atoms with E-state index >= 15 is 0 Å². The molecule has 0 aliphatic carbocycles. The molecule has 0 aromatic carbocycles. The third-order valence-corrected chi connectivity index (χ3v) is 2.18. The zero-order valence-electron chi connectivity index (χ0n) is 8.91. The lowest BCUT2D eigenvalue weighted by molar-refractivity contribution is 0.0407. The standard InChI is InChI=1S/C11H16BrNO2/c1-2-3-14-4-5-15-9-10-6-11(12)8-13-7-10/h6-8H,2-5,9H2,1H3. The molecule has 1 heterocycles. The second-order valence-corrected chi connectivity index (χ2v) is 4.09. The summed E-state index contributed by atoms with van der Waals surface area (Å²) < 4.78 is 11.7. The number of aromatic nitrogens is 1. The van der Waals surface area contributed by atoms with Gasteiger partial charge >= 0.3 is 0 Å². The number of hydrogen-bond acceptors (Lipinski definition) is 3. The number of rotatable bonds is 7. The summed E-state index contributed by atoms with van der Waals surface area (Å²) in [7, 11) is 0. The topological polar surface area (TPSA) is 31.4 Å². The van der Waals surface area contributed by atoms with Gasteiger partial charge in [-0.1, -0.05) is 6.92 Å². The van der Waals surface area contributed by atoms with Crippen LogP contribution in [0.2, 0.25) is 0 Å². The highest BCUT2D eigenvalue weighted by molar-refractivity contribution is 9.10. The zero-order valence-corrected chi connectivity index (χ0v) is 10.5. The van der Waals surface area contributed by atoms with Gasteiger partial charge in [-0.25, -0.2) is 0 Å². The number of hydrogen-bond donors (Lipinski definition) is 0. The molecule has 0 bridgehead atoms. The van der Waals surface area contributed by atoms with Crippen LogP contribution in [0.4, 0.5) is 0 Å². The van der Waals surface area contributed by atoms with Gasteiger partial charge in [0.15, 0.2) is 0 Å². The van der Waals surface area contributed by atoms with E-state index in [1.165, 1.54) is 0 Å². The summed E-state index contributed by atoms with van der Waals surface area (Å²) in [6.07, 6.45) is 4.61. The fraction of sp³-hybridized carbons (Fsp3) is 0.545. The molecule has 0 saturated heterocycles. The summed E-state index contributed by atoms with van der Waals surface area (Å²) in [5.74, 6) is 0. The Hall–Kier alpha value is -0.450. The minimum absolute atomic E-state index is 0.585. The molecule has 0 spiro atoms. The molecule has 0 unspecified atom stereocenters. The fourth-order valence-electron chi connectivity index (χ4n) is 1.09. The summed E-state index contributed by atoms with van der Waals surface area (Å²) in [6.45, 7) is 4.78. The van der Waals surface area contributed by atoms with Crippen LogP contribution < -0.4 is 0 Å². The van der Waals surface area contributed by atoms with E-state index in [0.717, 1.165) is 23.1 Å². The van der Waals surface area contributed by atoms with Crippen molar-refractivity contribution in [1.82, 2.24) is 4.98 Å². The lowest BCUT2D eigenvalue weighted by Crippen LogP contribution is -2.04. The van der Waals surface area contributed by atoms with Gasteiger partial charge in [-0.2, -0.15) is 0 Å². The third-order valence-electron chi connectivity index (χ3n) is 1.75. The van der Waals surface area contributed by atoms with Crippen molar-refractivity contribution in [3.05, 3.63) is 28.5 Å². The highest BCUT2D eigenvalue weighted by Crippen LogP contribution is 2.10. The lowest BCUT2D eigenvalue weighted by Gasteiger charge is -2.04. The number of nitrogens with zero attached hydrogens (tertiary/aromatic N) is 1. The number of halogens is 1. The Kier molecular flexibility index (Phi) is 6.55. The average molecular weight is 274 g/mol. The number of ether oxygens (including phenoxy) is 2. The van der Waals surface area contributed by atoms with Crippen molar-refractivity contribution in [3.8, 4) is 0 Å². The summed E-state index contributed by atoms with van der Waals surface area (Å²) in [5.41, 5.74) is 1.07. The second-order valence-electron chi connectivity index (χ2n) is 3.18. The predicted octanol–water partition coefficient (Wildman–Crippen LogP) is 2.79. The molecule has 84 valence electrons. The van der Waals surface area contributed by atoms with E-state index < -0.39 is 0 Å². The molecule has 1 aromatic heterocycles. The summed E-state index contributed by atoms with van der Waals surface area (Å²) in [4.78, 5) is 4.05. The zero-order chi connectivity index (χ0) is 10.9. The monoisotopic (exact) mass is 273 g/mol. The van der Waals surface area contributed by atoms with Crippen LogP contribution >= 0.6 is 15.9 Å². The van der Waals surface area contributed by atoms with E-state index in [-0.39, 0.29) is 0 Å². The summed E-state index contributed by atoms with van der Waals surface area (Å²) in [6, 6.07) is 2.00. The summed E-state index contributed by atoms with van der Waals surface area (Å²) in [5, 5.41) is 0. The van der Waals surface area contributed by atoms with Crippen molar-refractivity contribution in [3.63, 3.8) is 0 Å². The van der Waals surface area contributed by atoms with Gasteiger partial charge in [0, 0.05) is 23.5 Å². The number of pyridine rings is 1. The molecule has 0 radical (unpaired) electrons. The van der Waals surface area contributed by atoms with E-state index in [2.05, 4.69) is 27.8 Å². The minimum Gasteiger partial charge on any atom is -0.379 e. The Balaban J connectivity index is 2.10. The first-order valence-electron chi connectivity index (χ1n) is 5.08. The highest BCUT2D eigenvalue weighted by atomic mass is 79.9. The molecular weight excluding hydrogens is 258 g/mol. The Morgan fingerprint density at radius 2 is 2.00 bits per heavy atom. The van der Waals surface area contributed by atoms with E-state index in [1.54, 1.807) is 12.4 Å². The van der Waals surface area contributed by atoms with Gasteiger partial charge in [0.1, 0.15) is 0 Å². The van der Waals surface area contributed by atoms with Crippen LogP contribution in [-0.4, -0.2) is 24.8 Å². The maximum absolute atomic E-state index is 5.44. The van der Waals surface area contributed by atoms with Gasteiger partial charge in [-0.3, -0.25) is 4.98 Å². The van der Waals surface area contributed by atoms with Gasteiger partial charge in [-0.15, -0.1) is 0 Å². The van der Waals surface area contributed by atoms with Crippen LogP contribution in [0.25, 0.3) is 0 Å². The maximum atomic E-state index is 5.44. The van der Waals surface area contributed by atoms with Crippen molar-refractivity contribution < 1.29 is 9.47 Å². The molecular formula is C11H16BrNO2. The quantitative estimate of drug-likeness (QED) is 0.716. The van der Waals surface area contributed by atoms with Gasteiger partial charge in [0.2, 0.25) is 0 Å². The van der Waals surface area contributed by atoms with Crippen molar-refractivity contribution in [2.45, 2.75) is 20.0 Å². The third kappa shape index (κ3) is 5.87. The van der Waals surface area contributed by atoms with Gasteiger partial charge < -0.3 is 9.47 Å². The first-order valence-corrected chi connectivity index (χ1v) is 5.87. The molecule has 1 aromatic rings. The van der Waals surface area contributed by atoms with E-state index in [4.69, 9.17) is 9.47 Å². The van der Waals surface area contributed by atoms with Crippen LogP contribution in [0.5, 0.6) is 0 Å². The van der Waals surface area contributed by atoms with Crippen molar-refractivity contribution in [2.75, 3.05) is 19.8 Å². The molecule has 0 saturated carbocycles. The van der Waals surface area contributed by atoms with Crippen LogP contribution in [0.1, 0.15) is 18.9 Å². The molecule has 0 amide bonds. The van der Waals surface area contributed by atoms with Gasteiger partial charge in [-0.05, 0) is 34.0 Å². The van der Waals surface area contributed by atoms with E-state index in [0.29, 0.717) is 19.8 Å². The van der Waals surface area contributed by atoms with Crippen molar-refractivity contribution in [2.24, 2.45) is 0 Å². The molecule has 0 aliphatic rings. The first-order chi connectivity index (χ1) is 7.33. The maximum Gasteiger partial charge on any atom is 0.0733 e. The first kappa shape index (κ1) is 12.6. The Labute approximate surface area is 98.9 Å². The average Bonchev–Trinajstić information content (AvgIpc) is 2.23. The van der Waals surface area contributed by atoms with Crippen LogP contribution in [-0.2, 0) is 16.1 Å². The highest BCUT2D eigenvalue weighted by Gasteiger charge is 1.95. The molecule has 0 N–H and O–H groups in total. The van der Waals surface area contributed by atoms with Crippen molar-refractivity contribution >= 4 is 15.9 Å². The predicted molar refractivity (Wildman–Crippen MR) is 62.7 cm³/mol. The van der Waals surface area contributed by atoms with Gasteiger partial charge in [0.05, 0.1) is 19.8 Å². The minimum atomic E-state index is 0.585. The smallest absolute Gasteiger partial charge is 0.0733 e. The van der Waals surface area contributed by atoms with E-state index in [1.807, 2.05) is 6.07 Å². The fourth-order valence-corrected chi connectivity index (χ4v) is 1.50. The lowest BCUT2D eigenvalue weighted by atomic mass is 10.3. The Morgan fingerprint density at radius 3 is 2.73 bits per heavy atom. The second kappa shape index (κ2) is 7.79. The molecule has 0 atom stereocenters. The van der Waals surface area contributed by atoms with Crippen LogP contribution in [0, 0.1) is 0 Å². The van der Waals surface area contributed by atoms with Gasteiger partial charge in [0.25, 0.3) is 0 Å². The molecule has 3 nitrogen and oxygen atoms in total. The molecule has 1 rings (SSSR count). The van der Waals surface area contributed by atoms with Crippen molar-refractivity contribution in [1.29, 1.82) is 0 Å². The van der Waals surface area contributed by atoms with Crippen LogP contribution in [0.3, 0.4) is 0 Å².